The van der Waals surface area contributed by atoms with Crippen LogP contribution in [0, 0.1) is 5.92 Å². The van der Waals surface area contributed by atoms with E-state index in [2.05, 4.69) is 5.32 Å². The van der Waals surface area contributed by atoms with E-state index in [1.165, 1.54) is 0 Å². The Balaban J connectivity index is 4.03. The molecule has 5 N–H and O–H groups in total. The van der Waals surface area contributed by atoms with E-state index in [1.807, 2.05) is 6.92 Å². The lowest BCUT2D eigenvalue weighted by molar-refractivity contribution is -0.156. The van der Waals surface area contributed by atoms with Gasteiger partial charge in [0.2, 0.25) is 5.91 Å². The fraction of sp³-hybridized carbons (Fsp3) is 0.800. The molecule has 0 fully saturated rings. The highest BCUT2D eigenvalue weighted by Gasteiger charge is 2.30. The topological polar surface area (TPSA) is 113 Å². The molecule has 0 bridgehead atoms. The van der Waals surface area contributed by atoms with Crippen molar-refractivity contribution in [2.24, 2.45) is 11.7 Å². The average Bonchev–Trinajstić information content (AvgIpc) is 2.23. The molecule has 0 saturated carbocycles. The Morgan fingerprint density at radius 1 is 1.50 bits per heavy atom. The maximum absolute atomic E-state index is 11.4. The molecule has 0 rings (SSSR count). The molecule has 0 aliphatic heterocycles. The number of rotatable bonds is 7. The molecule has 0 aliphatic rings. The average molecular weight is 232 g/mol. The molecule has 0 aromatic carbocycles. The summed E-state index contributed by atoms with van der Waals surface area (Å²) in [4.78, 5) is 21.9. The first kappa shape index (κ1) is 14.9. The van der Waals surface area contributed by atoms with E-state index in [-0.39, 0.29) is 24.8 Å². The van der Waals surface area contributed by atoms with E-state index in [0.29, 0.717) is 6.54 Å². The van der Waals surface area contributed by atoms with Gasteiger partial charge in [0.05, 0.1) is 6.54 Å². The van der Waals surface area contributed by atoms with Crippen molar-refractivity contribution in [1.82, 2.24) is 5.32 Å². The summed E-state index contributed by atoms with van der Waals surface area (Å²) in [6.45, 7) is 3.18. The van der Waals surface area contributed by atoms with Crippen molar-refractivity contribution in [3.05, 3.63) is 0 Å². The van der Waals surface area contributed by atoms with E-state index >= 15 is 0 Å². The molecule has 6 nitrogen and oxygen atoms in total. The van der Waals surface area contributed by atoms with E-state index in [9.17, 15) is 14.7 Å². The summed E-state index contributed by atoms with van der Waals surface area (Å²) in [7, 11) is 0. The van der Waals surface area contributed by atoms with Crippen molar-refractivity contribution in [1.29, 1.82) is 0 Å². The van der Waals surface area contributed by atoms with Crippen LogP contribution in [-0.4, -0.2) is 40.8 Å². The Morgan fingerprint density at radius 2 is 2.06 bits per heavy atom. The number of amides is 1. The van der Waals surface area contributed by atoms with Crippen LogP contribution in [-0.2, 0) is 9.59 Å². The molecular formula is C10H20N2O4. The minimum absolute atomic E-state index is 0.0924. The standard InChI is InChI=1S/C10H20N2O4/c1-3-7(5-11)4-8(13)12-6-10(2,16)9(14)15/h7,16H,3-6,11H2,1-2H3,(H,12,13)(H,14,15). The second kappa shape index (κ2) is 6.44. The van der Waals surface area contributed by atoms with E-state index in [1.54, 1.807) is 0 Å². The molecule has 2 atom stereocenters. The Kier molecular flexibility index (Phi) is 5.98. The van der Waals surface area contributed by atoms with Crippen LogP contribution < -0.4 is 11.1 Å². The summed E-state index contributed by atoms with van der Waals surface area (Å²) in [5.41, 5.74) is 3.51. The summed E-state index contributed by atoms with van der Waals surface area (Å²) in [5.74, 6) is -1.56. The first-order valence-electron chi connectivity index (χ1n) is 5.26. The number of carboxylic acids is 1. The smallest absolute Gasteiger partial charge is 0.337 e. The SMILES string of the molecule is CCC(CN)CC(=O)NCC(C)(O)C(=O)O. The van der Waals surface area contributed by atoms with Gasteiger partial charge in [-0.2, -0.15) is 0 Å². The minimum Gasteiger partial charge on any atom is -0.479 e. The van der Waals surface area contributed by atoms with Gasteiger partial charge in [-0.3, -0.25) is 4.79 Å². The van der Waals surface area contributed by atoms with Crippen LogP contribution in [0.2, 0.25) is 0 Å². The van der Waals surface area contributed by atoms with Gasteiger partial charge in [-0.1, -0.05) is 13.3 Å². The van der Waals surface area contributed by atoms with E-state index < -0.39 is 11.6 Å². The predicted octanol–water partition coefficient (Wildman–Crippen LogP) is -0.687. The molecule has 0 radical (unpaired) electrons. The Labute approximate surface area is 94.8 Å². The highest BCUT2D eigenvalue weighted by Crippen LogP contribution is 2.06. The summed E-state index contributed by atoms with van der Waals surface area (Å²) in [6.07, 6.45) is 1.04. The molecule has 0 saturated heterocycles. The van der Waals surface area contributed by atoms with Crippen molar-refractivity contribution in [3.8, 4) is 0 Å². The fourth-order valence-corrected chi connectivity index (χ4v) is 1.08. The largest absolute Gasteiger partial charge is 0.479 e. The molecule has 0 heterocycles. The number of hydrogen-bond acceptors (Lipinski definition) is 4. The second-order valence-corrected chi connectivity index (χ2v) is 4.07. The van der Waals surface area contributed by atoms with Crippen LogP contribution in [0.15, 0.2) is 0 Å². The first-order chi connectivity index (χ1) is 7.33. The highest BCUT2D eigenvalue weighted by atomic mass is 16.4. The fourth-order valence-electron chi connectivity index (χ4n) is 1.08. The maximum atomic E-state index is 11.4. The number of carbonyl (C=O) groups excluding carboxylic acids is 1. The van der Waals surface area contributed by atoms with Crippen molar-refractivity contribution >= 4 is 11.9 Å². The number of carboxylic acid groups (broad SMARTS) is 1. The molecule has 94 valence electrons. The Bertz CT molecular complexity index is 249. The third-order valence-electron chi connectivity index (χ3n) is 2.48. The molecule has 0 aliphatic carbocycles. The molecule has 6 heteroatoms. The number of nitrogens with one attached hydrogen (secondary N) is 1. The van der Waals surface area contributed by atoms with Gasteiger partial charge in [0.25, 0.3) is 0 Å². The van der Waals surface area contributed by atoms with E-state index in [4.69, 9.17) is 10.8 Å². The molecule has 1 amide bonds. The number of aliphatic hydroxyl groups is 1. The third kappa shape index (κ3) is 5.09. The van der Waals surface area contributed by atoms with Gasteiger partial charge >= 0.3 is 5.97 Å². The lowest BCUT2D eigenvalue weighted by Gasteiger charge is -2.19. The van der Waals surface area contributed by atoms with Crippen LogP contribution in [0.5, 0.6) is 0 Å². The Hall–Kier alpha value is -1.14. The van der Waals surface area contributed by atoms with Crippen LogP contribution >= 0.6 is 0 Å². The highest BCUT2D eigenvalue weighted by molar-refractivity contribution is 5.80. The molecule has 2 unspecified atom stereocenters. The van der Waals surface area contributed by atoms with Gasteiger partial charge in [0.1, 0.15) is 0 Å². The molecular weight excluding hydrogens is 212 g/mol. The van der Waals surface area contributed by atoms with Crippen LogP contribution in [0.1, 0.15) is 26.7 Å². The normalized spacial score (nSPS) is 16.2. The summed E-state index contributed by atoms with van der Waals surface area (Å²) >= 11 is 0. The van der Waals surface area contributed by atoms with Crippen LogP contribution in [0.4, 0.5) is 0 Å². The maximum Gasteiger partial charge on any atom is 0.337 e. The van der Waals surface area contributed by atoms with Crippen molar-refractivity contribution in [3.63, 3.8) is 0 Å². The zero-order valence-corrected chi connectivity index (χ0v) is 9.69. The number of carbonyl (C=O) groups is 2. The number of aliphatic carboxylic acids is 1. The zero-order chi connectivity index (χ0) is 12.8. The van der Waals surface area contributed by atoms with Crippen LogP contribution in [0.3, 0.4) is 0 Å². The van der Waals surface area contributed by atoms with Gasteiger partial charge in [-0.25, -0.2) is 4.79 Å². The summed E-state index contributed by atoms with van der Waals surface area (Å²) in [5, 5.41) is 20.3. The quantitative estimate of drug-likeness (QED) is 0.464. The predicted molar refractivity (Wildman–Crippen MR) is 58.7 cm³/mol. The first-order valence-corrected chi connectivity index (χ1v) is 5.26. The van der Waals surface area contributed by atoms with Crippen molar-refractivity contribution in [2.75, 3.05) is 13.1 Å². The molecule has 0 aromatic rings. The minimum atomic E-state index is -1.93. The summed E-state index contributed by atoms with van der Waals surface area (Å²) in [6, 6.07) is 0. The monoisotopic (exact) mass is 232 g/mol. The molecule has 0 spiro atoms. The van der Waals surface area contributed by atoms with Gasteiger partial charge in [0, 0.05) is 6.42 Å². The lowest BCUT2D eigenvalue weighted by atomic mass is 10.0. The van der Waals surface area contributed by atoms with Crippen molar-refractivity contribution in [2.45, 2.75) is 32.3 Å². The van der Waals surface area contributed by atoms with Gasteiger partial charge in [0.15, 0.2) is 5.60 Å². The molecule has 0 aromatic heterocycles. The van der Waals surface area contributed by atoms with Crippen molar-refractivity contribution < 1.29 is 19.8 Å². The Morgan fingerprint density at radius 3 is 2.44 bits per heavy atom. The van der Waals surface area contributed by atoms with Gasteiger partial charge in [-0.15, -0.1) is 0 Å². The summed E-state index contributed by atoms with van der Waals surface area (Å²) < 4.78 is 0. The number of nitrogens with two attached hydrogens (primary N) is 1. The van der Waals surface area contributed by atoms with Crippen LogP contribution in [0.25, 0.3) is 0 Å². The third-order valence-corrected chi connectivity index (χ3v) is 2.48. The molecule has 16 heavy (non-hydrogen) atoms. The zero-order valence-electron chi connectivity index (χ0n) is 9.69. The van der Waals surface area contributed by atoms with E-state index in [0.717, 1.165) is 13.3 Å². The lowest BCUT2D eigenvalue weighted by Crippen LogP contribution is -2.46. The van der Waals surface area contributed by atoms with Gasteiger partial charge in [-0.05, 0) is 19.4 Å². The second-order valence-electron chi connectivity index (χ2n) is 4.07. The number of hydrogen-bond donors (Lipinski definition) is 4. The van der Waals surface area contributed by atoms with Gasteiger partial charge < -0.3 is 21.3 Å².